The summed E-state index contributed by atoms with van der Waals surface area (Å²) in [7, 11) is 2.12. The Morgan fingerprint density at radius 3 is 2.28 bits per heavy atom. The maximum atomic E-state index is 12.3. The molecule has 0 aliphatic carbocycles. The number of piperidine rings is 1. The van der Waals surface area contributed by atoms with E-state index in [1.165, 1.54) is 0 Å². The highest BCUT2D eigenvalue weighted by Gasteiger charge is 2.54. The summed E-state index contributed by atoms with van der Waals surface area (Å²) in [6, 6.07) is 10.2. The van der Waals surface area contributed by atoms with Gasteiger partial charge in [0.2, 0.25) is 6.73 Å². The van der Waals surface area contributed by atoms with Gasteiger partial charge in [0.15, 0.2) is 5.60 Å². The number of carbonyl (C=O) groups is 2. The fraction of sp³-hybridized carbons (Fsp3) is 0.652. The van der Waals surface area contributed by atoms with E-state index in [9.17, 15) is 9.59 Å². The average molecular weight is 426 g/mol. The van der Waals surface area contributed by atoms with Gasteiger partial charge in [-0.2, -0.15) is 0 Å². The van der Waals surface area contributed by atoms with Crippen LogP contribution in [0.25, 0.3) is 0 Å². The number of benzene rings is 1. The van der Waals surface area contributed by atoms with Crippen LogP contribution in [0.3, 0.4) is 0 Å². The highest BCUT2D eigenvalue weighted by Crippen LogP contribution is 2.45. The molecule has 0 radical (unpaired) electrons. The van der Waals surface area contributed by atoms with Crippen LogP contribution in [0.5, 0.6) is 0 Å². The third-order valence-electron chi connectivity index (χ3n) is 6.10. The van der Waals surface area contributed by atoms with Crippen molar-refractivity contribution in [1.29, 1.82) is 0 Å². The lowest BCUT2D eigenvalue weighted by Crippen LogP contribution is -3.00. The number of rotatable bonds is 5. The van der Waals surface area contributed by atoms with Crippen molar-refractivity contribution in [3.63, 3.8) is 0 Å². The van der Waals surface area contributed by atoms with Crippen LogP contribution < -0.4 is 12.4 Å². The SMILES string of the molecule is CCC(=O)OC1(c2ccccc2)CC(C)[N+](C)(COC(=O)C(C)(C)C)CC1C.[Cl-]. The van der Waals surface area contributed by atoms with Crippen molar-refractivity contribution in [2.24, 2.45) is 11.3 Å². The van der Waals surface area contributed by atoms with E-state index in [0.717, 1.165) is 12.1 Å². The molecule has 2 rings (SSSR count). The molecule has 1 fully saturated rings. The summed E-state index contributed by atoms with van der Waals surface area (Å²) >= 11 is 0. The molecule has 1 heterocycles. The predicted octanol–water partition coefficient (Wildman–Crippen LogP) is 1.26. The Morgan fingerprint density at radius 2 is 1.76 bits per heavy atom. The smallest absolute Gasteiger partial charge is 0.315 e. The first-order valence-electron chi connectivity index (χ1n) is 10.2. The summed E-state index contributed by atoms with van der Waals surface area (Å²) in [6.45, 7) is 12.8. The second kappa shape index (κ2) is 9.48. The van der Waals surface area contributed by atoms with Gasteiger partial charge in [0.05, 0.1) is 25.0 Å². The van der Waals surface area contributed by atoms with Crippen molar-refractivity contribution in [3.05, 3.63) is 35.9 Å². The third-order valence-corrected chi connectivity index (χ3v) is 6.10. The van der Waals surface area contributed by atoms with Crippen molar-refractivity contribution < 1.29 is 36.0 Å². The number of carbonyl (C=O) groups excluding carboxylic acids is 2. The maximum absolute atomic E-state index is 12.3. The monoisotopic (exact) mass is 425 g/mol. The number of halogens is 1. The van der Waals surface area contributed by atoms with Crippen LogP contribution in [0.1, 0.15) is 59.9 Å². The predicted molar refractivity (Wildman–Crippen MR) is 109 cm³/mol. The van der Waals surface area contributed by atoms with Gasteiger partial charge in [-0.05, 0) is 33.3 Å². The highest BCUT2D eigenvalue weighted by molar-refractivity contribution is 5.75. The van der Waals surface area contributed by atoms with Crippen molar-refractivity contribution in [3.8, 4) is 0 Å². The van der Waals surface area contributed by atoms with Gasteiger partial charge in [-0.1, -0.05) is 44.2 Å². The molecule has 1 aliphatic rings. The Hall–Kier alpha value is -1.59. The molecular formula is C23H36ClNO4. The lowest BCUT2D eigenvalue weighted by molar-refractivity contribution is -0.957. The van der Waals surface area contributed by atoms with Crippen LogP contribution in [0.4, 0.5) is 0 Å². The summed E-state index contributed by atoms with van der Waals surface area (Å²) in [6.07, 6.45) is 1.04. The van der Waals surface area contributed by atoms with Crippen LogP contribution in [0, 0.1) is 11.3 Å². The number of esters is 2. The van der Waals surface area contributed by atoms with Gasteiger partial charge in [-0.25, -0.2) is 0 Å². The first-order valence-corrected chi connectivity index (χ1v) is 10.2. The Kier molecular flexibility index (Phi) is 8.32. The molecule has 0 N–H and O–H groups in total. The third kappa shape index (κ3) is 5.52. The number of likely N-dealkylation sites (tertiary alicyclic amines) is 1. The van der Waals surface area contributed by atoms with E-state index in [1.807, 2.05) is 58.0 Å². The molecule has 0 aromatic heterocycles. The van der Waals surface area contributed by atoms with Crippen LogP contribution in [-0.2, 0) is 24.7 Å². The van der Waals surface area contributed by atoms with Crippen LogP contribution in [0.2, 0.25) is 0 Å². The Bertz CT molecular complexity index is 703. The van der Waals surface area contributed by atoms with Gasteiger partial charge < -0.3 is 21.9 Å². The fourth-order valence-electron chi connectivity index (χ4n) is 4.02. The van der Waals surface area contributed by atoms with E-state index in [2.05, 4.69) is 20.9 Å². The number of hydrogen-bond donors (Lipinski definition) is 0. The molecule has 1 aromatic carbocycles. The Morgan fingerprint density at radius 1 is 1.17 bits per heavy atom. The van der Waals surface area contributed by atoms with E-state index >= 15 is 0 Å². The molecule has 1 aliphatic heterocycles. The molecule has 0 bridgehead atoms. The number of hydrogen-bond acceptors (Lipinski definition) is 4. The minimum atomic E-state index is -0.653. The summed E-state index contributed by atoms with van der Waals surface area (Å²) in [5.74, 6) is -0.290. The van der Waals surface area contributed by atoms with Gasteiger partial charge >= 0.3 is 11.9 Å². The van der Waals surface area contributed by atoms with Gasteiger partial charge in [-0.3, -0.25) is 14.1 Å². The molecule has 6 heteroatoms. The molecule has 29 heavy (non-hydrogen) atoms. The molecule has 0 spiro atoms. The molecule has 4 atom stereocenters. The Balaban J connectivity index is 0.00000420. The van der Waals surface area contributed by atoms with Crippen LogP contribution >= 0.6 is 0 Å². The standard InChI is InChI=1S/C23H36NO4.ClH/c1-8-20(25)28-23(19-12-10-9-11-13-19)14-18(3)24(7,15-17(23)2)16-27-21(26)22(4,5)6;/h9-13,17-18H,8,14-16H2,1-7H3;1H/q+1;/p-1. The first kappa shape index (κ1) is 25.4. The van der Waals surface area contributed by atoms with Crippen LogP contribution in [-0.4, -0.2) is 42.8 Å². The minimum absolute atomic E-state index is 0. The Labute approximate surface area is 181 Å². The normalized spacial score (nSPS) is 29.5. The highest BCUT2D eigenvalue weighted by atomic mass is 35.5. The van der Waals surface area contributed by atoms with Crippen LogP contribution in [0.15, 0.2) is 30.3 Å². The molecule has 0 saturated carbocycles. The van der Waals surface area contributed by atoms with Gasteiger partial charge in [0, 0.05) is 18.8 Å². The first-order chi connectivity index (χ1) is 12.9. The zero-order valence-corrected chi connectivity index (χ0v) is 19.6. The quantitative estimate of drug-likeness (QED) is 0.526. The second-order valence-corrected chi connectivity index (χ2v) is 9.51. The lowest BCUT2D eigenvalue weighted by atomic mass is 9.73. The molecule has 164 valence electrons. The fourth-order valence-corrected chi connectivity index (χ4v) is 4.02. The van der Waals surface area contributed by atoms with Gasteiger partial charge in [-0.15, -0.1) is 0 Å². The van der Waals surface area contributed by atoms with E-state index < -0.39 is 11.0 Å². The minimum Gasteiger partial charge on any atom is -1.00 e. The zero-order valence-electron chi connectivity index (χ0n) is 18.8. The molecular weight excluding hydrogens is 390 g/mol. The number of quaternary nitrogens is 1. The summed E-state index contributed by atoms with van der Waals surface area (Å²) in [5.41, 5.74) is -0.137. The average Bonchev–Trinajstić information content (AvgIpc) is 2.64. The lowest BCUT2D eigenvalue weighted by Gasteiger charge is -2.52. The molecule has 4 unspecified atom stereocenters. The second-order valence-electron chi connectivity index (χ2n) is 9.51. The van der Waals surface area contributed by atoms with Gasteiger partial charge in [0.1, 0.15) is 0 Å². The molecule has 1 aromatic rings. The van der Waals surface area contributed by atoms with E-state index in [4.69, 9.17) is 9.47 Å². The van der Waals surface area contributed by atoms with Crippen molar-refractivity contribution >= 4 is 11.9 Å². The number of ether oxygens (including phenoxy) is 2. The van der Waals surface area contributed by atoms with Crippen molar-refractivity contribution in [1.82, 2.24) is 0 Å². The maximum Gasteiger partial charge on any atom is 0.315 e. The summed E-state index contributed by atoms with van der Waals surface area (Å²) in [5, 5.41) is 0. The topological polar surface area (TPSA) is 52.6 Å². The summed E-state index contributed by atoms with van der Waals surface area (Å²) < 4.78 is 12.4. The zero-order chi connectivity index (χ0) is 21.2. The molecule has 0 amide bonds. The largest absolute Gasteiger partial charge is 1.00 e. The van der Waals surface area contributed by atoms with Crippen molar-refractivity contribution in [2.45, 2.75) is 66.0 Å². The van der Waals surface area contributed by atoms with Gasteiger partial charge in [0.25, 0.3) is 0 Å². The molecule has 1 saturated heterocycles. The molecule has 5 nitrogen and oxygen atoms in total. The van der Waals surface area contributed by atoms with E-state index in [0.29, 0.717) is 24.1 Å². The van der Waals surface area contributed by atoms with E-state index in [-0.39, 0.29) is 36.3 Å². The number of nitrogens with zero attached hydrogens (tertiary/aromatic N) is 1. The van der Waals surface area contributed by atoms with E-state index in [1.54, 1.807) is 0 Å². The van der Waals surface area contributed by atoms with Crippen molar-refractivity contribution in [2.75, 3.05) is 20.3 Å². The summed E-state index contributed by atoms with van der Waals surface area (Å²) in [4.78, 5) is 24.6.